The van der Waals surface area contributed by atoms with Gasteiger partial charge < -0.3 is 14.9 Å². The molecule has 18 heavy (non-hydrogen) atoms. The number of aliphatic hydroxyl groups excluding tert-OH is 1. The number of alkyl halides is 1. The Morgan fingerprint density at radius 3 is 2.61 bits per heavy atom. The van der Waals surface area contributed by atoms with Crippen LogP contribution in [0.5, 0.6) is 0 Å². The molecule has 5 heteroatoms. The molecule has 3 nitrogen and oxygen atoms in total. The topological polar surface area (TPSA) is 27.9 Å². The first kappa shape index (κ1) is 13.6. The van der Waals surface area contributed by atoms with E-state index in [2.05, 4.69) is 4.90 Å². The maximum absolute atomic E-state index is 13.6. The Morgan fingerprint density at radius 1 is 1.33 bits per heavy atom. The van der Waals surface area contributed by atoms with E-state index >= 15 is 0 Å². The minimum Gasteiger partial charge on any atom is -0.386 e. The molecule has 1 aliphatic rings. The summed E-state index contributed by atoms with van der Waals surface area (Å²) in [5.41, 5.74) is 0.675. The summed E-state index contributed by atoms with van der Waals surface area (Å²) in [6, 6.07) is 6.87. The highest BCUT2D eigenvalue weighted by Gasteiger charge is 2.23. The normalized spacial score (nSPS) is 18.9. The molecule has 1 fully saturated rings. The molecule has 100 valence electrons. The monoisotopic (exact) mass is 273 g/mol. The Hall–Kier alpha value is -0.840. The van der Waals surface area contributed by atoms with Gasteiger partial charge in [0.25, 0.3) is 0 Å². The number of rotatable bonds is 4. The number of aliphatic hydroxyl groups is 1. The second-order valence-electron chi connectivity index (χ2n) is 4.70. The van der Waals surface area contributed by atoms with Crippen molar-refractivity contribution in [2.24, 2.45) is 0 Å². The van der Waals surface area contributed by atoms with Gasteiger partial charge in [-0.25, -0.2) is 4.39 Å². The van der Waals surface area contributed by atoms with Gasteiger partial charge in [-0.1, -0.05) is 12.1 Å². The highest BCUT2D eigenvalue weighted by atomic mass is 35.5. The molecule has 1 saturated heterocycles. The van der Waals surface area contributed by atoms with Crippen molar-refractivity contribution >= 4 is 17.3 Å². The minimum absolute atomic E-state index is 0.165. The summed E-state index contributed by atoms with van der Waals surface area (Å²) in [5, 5.41) is 9.51. The van der Waals surface area contributed by atoms with E-state index in [-0.39, 0.29) is 11.7 Å². The summed E-state index contributed by atoms with van der Waals surface area (Å²) in [6.07, 6.45) is -0.443. The number of hydrogen-bond acceptors (Lipinski definition) is 2. The molecule has 0 amide bonds. The molecule has 1 heterocycles. The second-order valence-corrected chi connectivity index (χ2v) is 5.01. The largest absolute Gasteiger partial charge is 0.386 e. The summed E-state index contributed by atoms with van der Waals surface area (Å²) >= 11 is 5.59. The van der Waals surface area contributed by atoms with Gasteiger partial charge in [-0.3, -0.25) is 0 Å². The average Bonchev–Trinajstić information content (AvgIpc) is 2.40. The molecule has 0 aliphatic carbocycles. The molecular weight excluding hydrogens is 255 g/mol. The van der Waals surface area contributed by atoms with Crippen molar-refractivity contribution in [3.8, 4) is 0 Å². The fourth-order valence-electron chi connectivity index (χ4n) is 2.36. The Kier molecular flexibility index (Phi) is 4.80. The number of quaternary nitrogens is 1. The number of nitrogens with one attached hydrogen (secondary N) is 1. The first-order valence-corrected chi connectivity index (χ1v) is 6.81. The van der Waals surface area contributed by atoms with Crippen LogP contribution in [-0.2, 0) is 0 Å². The van der Waals surface area contributed by atoms with E-state index < -0.39 is 6.10 Å². The van der Waals surface area contributed by atoms with Crippen LogP contribution < -0.4 is 9.80 Å². The van der Waals surface area contributed by atoms with Gasteiger partial charge in [-0.15, -0.1) is 11.6 Å². The van der Waals surface area contributed by atoms with Crippen molar-refractivity contribution in [1.29, 1.82) is 0 Å². The van der Waals surface area contributed by atoms with Gasteiger partial charge in [-0.2, -0.15) is 0 Å². The van der Waals surface area contributed by atoms with Crippen molar-refractivity contribution in [3.05, 3.63) is 30.1 Å². The van der Waals surface area contributed by atoms with Crippen molar-refractivity contribution in [2.75, 3.05) is 43.5 Å². The highest BCUT2D eigenvalue weighted by Crippen LogP contribution is 2.17. The zero-order valence-corrected chi connectivity index (χ0v) is 11.0. The van der Waals surface area contributed by atoms with Gasteiger partial charge >= 0.3 is 0 Å². The molecule has 2 N–H and O–H groups in total. The van der Waals surface area contributed by atoms with Crippen LogP contribution in [0.25, 0.3) is 0 Å². The summed E-state index contributed by atoms with van der Waals surface area (Å²) in [7, 11) is 0. The van der Waals surface area contributed by atoms with Crippen LogP contribution in [0.15, 0.2) is 24.3 Å². The van der Waals surface area contributed by atoms with E-state index in [1.807, 2.05) is 12.1 Å². The van der Waals surface area contributed by atoms with Crippen LogP contribution in [0.3, 0.4) is 0 Å². The molecule has 2 rings (SSSR count). The van der Waals surface area contributed by atoms with Crippen molar-refractivity contribution in [2.45, 2.75) is 6.10 Å². The molecule has 1 aliphatic heterocycles. The number of para-hydroxylation sites is 1. The molecular formula is C13H19ClFN2O+. The summed E-state index contributed by atoms with van der Waals surface area (Å²) in [6.45, 7) is 4.11. The number of anilines is 1. The fourth-order valence-corrected chi connectivity index (χ4v) is 2.47. The predicted octanol–water partition coefficient (Wildman–Crippen LogP) is 0.130. The van der Waals surface area contributed by atoms with Gasteiger partial charge in [0.2, 0.25) is 0 Å². The minimum atomic E-state index is -0.443. The third kappa shape index (κ3) is 3.34. The summed E-state index contributed by atoms with van der Waals surface area (Å²) in [5.74, 6) is 0.113. The average molecular weight is 274 g/mol. The number of piperazine rings is 1. The Balaban J connectivity index is 1.89. The van der Waals surface area contributed by atoms with Gasteiger partial charge in [0.15, 0.2) is 0 Å². The zero-order chi connectivity index (χ0) is 13.0. The van der Waals surface area contributed by atoms with E-state index in [0.717, 1.165) is 26.2 Å². The fraction of sp³-hybridized carbons (Fsp3) is 0.538. The van der Waals surface area contributed by atoms with Crippen LogP contribution in [0.4, 0.5) is 10.1 Å². The number of benzene rings is 1. The summed E-state index contributed by atoms with van der Waals surface area (Å²) < 4.78 is 13.6. The lowest BCUT2D eigenvalue weighted by molar-refractivity contribution is -0.903. The van der Waals surface area contributed by atoms with Crippen molar-refractivity contribution in [1.82, 2.24) is 0 Å². The van der Waals surface area contributed by atoms with Crippen LogP contribution in [0, 0.1) is 5.82 Å². The molecule has 0 bridgehead atoms. The predicted molar refractivity (Wildman–Crippen MR) is 70.9 cm³/mol. The Labute approximate surface area is 112 Å². The lowest BCUT2D eigenvalue weighted by atomic mass is 10.2. The molecule has 1 aromatic rings. The lowest BCUT2D eigenvalue weighted by Gasteiger charge is -2.34. The van der Waals surface area contributed by atoms with Crippen LogP contribution in [0.2, 0.25) is 0 Å². The van der Waals surface area contributed by atoms with E-state index in [9.17, 15) is 9.50 Å². The quantitative estimate of drug-likeness (QED) is 0.764. The maximum Gasteiger partial charge on any atom is 0.146 e. The van der Waals surface area contributed by atoms with Gasteiger partial charge in [-0.05, 0) is 12.1 Å². The van der Waals surface area contributed by atoms with Gasteiger partial charge in [0, 0.05) is 0 Å². The molecule has 1 aromatic carbocycles. The molecule has 0 spiro atoms. The molecule has 0 unspecified atom stereocenters. The first-order valence-electron chi connectivity index (χ1n) is 6.28. The first-order chi connectivity index (χ1) is 8.70. The molecule has 0 saturated carbocycles. The van der Waals surface area contributed by atoms with E-state index in [0.29, 0.717) is 12.2 Å². The molecule has 0 radical (unpaired) electrons. The third-order valence-corrected chi connectivity index (χ3v) is 3.72. The van der Waals surface area contributed by atoms with Crippen molar-refractivity contribution in [3.63, 3.8) is 0 Å². The second kappa shape index (κ2) is 6.36. The Morgan fingerprint density at radius 2 is 2.00 bits per heavy atom. The number of nitrogens with zero attached hydrogens (tertiary/aromatic N) is 1. The van der Waals surface area contributed by atoms with E-state index in [4.69, 9.17) is 11.6 Å². The number of hydrogen-bond donors (Lipinski definition) is 2. The molecule has 1 atom stereocenters. The maximum atomic E-state index is 13.6. The van der Waals surface area contributed by atoms with Crippen molar-refractivity contribution < 1.29 is 14.4 Å². The highest BCUT2D eigenvalue weighted by molar-refractivity contribution is 6.18. The van der Waals surface area contributed by atoms with E-state index in [1.54, 1.807) is 6.07 Å². The van der Waals surface area contributed by atoms with Gasteiger partial charge in [0.1, 0.15) is 18.5 Å². The lowest BCUT2D eigenvalue weighted by Crippen LogP contribution is -3.15. The number of halogens is 2. The standard InChI is InChI=1S/C13H18ClFN2O/c14-9-11(18)10-16-5-7-17(8-6-16)13-4-2-1-3-12(13)15/h1-4,11,18H,5-10H2/p+1/t11-/m0/s1. The van der Waals surface area contributed by atoms with E-state index in [1.165, 1.54) is 11.0 Å². The van der Waals surface area contributed by atoms with Crippen LogP contribution >= 0.6 is 11.6 Å². The zero-order valence-electron chi connectivity index (χ0n) is 10.3. The van der Waals surface area contributed by atoms with Gasteiger partial charge in [0.05, 0.1) is 37.7 Å². The molecule has 0 aromatic heterocycles. The van der Waals surface area contributed by atoms with Crippen LogP contribution in [-0.4, -0.2) is 49.8 Å². The SMILES string of the molecule is O[C@@H](CCl)C[NH+]1CCN(c2ccccc2F)CC1. The van der Waals surface area contributed by atoms with Crippen LogP contribution in [0.1, 0.15) is 0 Å². The summed E-state index contributed by atoms with van der Waals surface area (Å²) in [4.78, 5) is 3.39. The smallest absolute Gasteiger partial charge is 0.146 e. The Bertz CT molecular complexity index is 383. The third-order valence-electron chi connectivity index (χ3n) is 3.37.